The van der Waals surface area contributed by atoms with E-state index in [0.29, 0.717) is 18.6 Å². The normalized spacial score (nSPS) is 20.7. The summed E-state index contributed by atoms with van der Waals surface area (Å²) in [7, 11) is 1.89. The van der Waals surface area contributed by atoms with Crippen LogP contribution in [0.15, 0.2) is 35.3 Å². The number of hydrogen-bond acceptors (Lipinski definition) is 3. The maximum absolute atomic E-state index is 5.94. The second kappa shape index (κ2) is 10.1. The Kier molecular flexibility index (Phi) is 7.53. The minimum absolute atomic E-state index is 0.589. The summed E-state index contributed by atoms with van der Waals surface area (Å²) in [6.07, 6.45) is 3.91. The predicted octanol–water partition coefficient (Wildman–Crippen LogP) is 2.97. The third kappa shape index (κ3) is 6.22. The summed E-state index contributed by atoms with van der Waals surface area (Å²) in [5, 5.41) is 3.58. The third-order valence-corrected chi connectivity index (χ3v) is 5.59. The molecule has 0 aromatic heterocycles. The van der Waals surface area contributed by atoms with Gasteiger partial charge in [0.15, 0.2) is 5.96 Å². The molecule has 1 aromatic carbocycles. The van der Waals surface area contributed by atoms with Crippen LogP contribution in [0, 0.1) is 5.92 Å². The van der Waals surface area contributed by atoms with Crippen LogP contribution in [0.2, 0.25) is 0 Å². The summed E-state index contributed by atoms with van der Waals surface area (Å²) in [4.78, 5) is 9.50. The van der Waals surface area contributed by atoms with E-state index in [9.17, 15) is 0 Å². The predicted molar refractivity (Wildman–Crippen MR) is 112 cm³/mol. The van der Waals surface area contributed by atoms with Crippen molar-refractivity contribution in [3.05, 3.63) is 35.9 Å². The fourth-order valence-electron chi connectivity index (χ4n) is 3.98. The van der Waals surface area contributed by atoms with E-state index in [2.05, 4.69) is 58.2 Å². The lowest BCUT2D eigenvalue weighted by molar-refractivity contribution is 0.0906. The van der Waals surface area contributed by atoms with Crippen LogP contribution in [0.5, 0.6) is 0 Å². The van der Waals surface area contributed by atoms with Gasteiger partial charge in [-0.15, -0.1) is 0 Å². The summed E-state index contributed by atoms with van der Waals surface area (Å²) in [5.41, 5.74) is 1.25. The van der Waals surface area contributed by atoms with E-state index in [1.54, 1.807) is 0 Å². The van der Waals surface area contributed by atoms with Crippen LogP contribution in [0.1, 0.15) is 38.7 Å². The average molecular weight is 373 g/mol. The Labute approximate surface area is 164 Å². The minimum atomic E-state index is 0.589. The molecule has 27 heavy (non-hydrogen) atoms. The van der Waals surface area contributed by atoms with Gasteiger partial charge >= 0.3 is 0 Å². The lowest BCUT2D eigenvalue weighted by Gasteiger charge is -2.28. The number of aliphatic imine (C=N–C) groups is 1. The van der Waals surface area contributed by atoms with E-state index < -0.39 is 0 Å². The lowest BCUT2D eigenvalue weighted by Crippen LogP contribution is -2.45. The fraction of sp³-hybridized carbons (Fsp3) is 0.682. The van der Waals surface area contributed by atoms with Crippen molar-refractivity contribution in [3.8, 4) is 0 Å². The zero-order chi connectivity index (χ0) is 19.1. The number of nitrogens with zero attached hydrogens (tertiary/aromatic N) is 3. The van der Waals surface area contributed by atoms with Crippen LogP contribution >= 0.6 is 0 Å². The van der Waals surface area contributed by atoms with E-state index in [4.69, 9.17) is 4.74 Å². The summed E-state index contributed by atoms with van der Waals surface area (Å²) in [5.74, 6) is 1.63. The summed E-state index contributed by atoms with van der Waals surface area (Å²) in [6.45, 7) is 10.3. The van der Waals surface area contributed by atoms with E-state index in [1.165, 1.54) is 24.8 Å². The van der Waals surface area contributed by atoms with Crippen LogP contribution in [-0.4, -0.2) is 67.7 Å². The Morgan fingerprint density at radius 2 is 2.04 bits per heavy atom. The molecule has 1 unspecified atom stereocenters. The number of nitrogens with one attached hydrogen (secondary N) is 1. The molecule has 0 spiro atoms. The maximum Gasteiger partial charge on any atom is 0.193 e. The monoisotopic (exact) mass is 372 g/mol. The molecular formula is C22H36N4O. The number of ether oxygens (including phenoxy) is 1. The van der Waals surface area contributed by atoms with Crippen molar-refractivity contribution in [1.82, 2.24) is 15.1 Å². The maximum atomic E-state index is 5.94. The Balaban J connectivity index is 1.36. The number of guanidine groups is 1. The number of hydrogen-bond donors (Lipinski definition) is 1. The van der Waals surface area contributed by atoms with Gasteiger partial charge < -0.3 is 15.0 Å². The Morgan fingerprint density at radius 1 is 1.26 bits per heavy atom. The molecule has 1 heterocycles. The van der Waals surface area contributed by atoms with Gasteiger partial charge in [-0.05, 0) is 38.7 Å². The molecule has 1 saturated heterocycles. The van der Waals surface area contributed by atoms with Crippen LogP contribution in [0.4, 0.5) is 0 Å². The van der Waals surface area contributed by atoms with Crippen molar-refractivity contribution in [2.24, 2.45) is 10.9 Å². The molecular weight excluding hydrogens is 336 g/mol. The summed E-state index contributed by atoms with van der Waals surface area (Å²) < 4.78 is 5.94. The van der Waals surface area contributed by atoms with Crippen molar-refractivity contribution in [2.75, 3.05) is 39.8 Å². The number of likely N-dealkylation sites (tertiary alicyclic amines) is 1. The second-order valence-electron chi connectivity index (χ2n) is 8.14. The lowest BCUT2D eigenvalue weighted by atomic mass is 10.1. The summed E-state index contributed by atoms with van der Waals surface area (Å²) in [6, 6.07) is 11.8. The van der Waals surface area contributed by atoms with Crippen molar-refractivity contribution >= 4 is 5.96 Å². The third-order valence-electron chi connectivity index (χ3n) is 5.59. The van der Waals surface area contributed by atoms with Crippen LogP contribution in [-0.2, 0) is 11.3 Å². The first kappa shape index (κ1) is 20.2. The minimum Gasteiger partial charge on any atom is -0.376 e. The van der Waals surface area contributed by atoms with Crippen molar-refractivity contribution in [3.63, 3.8) is 0 Å². The smallest absolute Gasteiger partial charge is 0.193 e. The molecule has 5 heteroatoms. The van der Waals surface area contributed by atoms with Gasteiger partial charge in [0.1, 0.15) is 0 Å². The van der Waals surface area contributed by atoms with Crippen molar-refractivity contribution in [2.45, 2.75) is 51.8 Å². The second-order valence-corrected chi connectivity index (χ2v) is 8.14. The van der Waals surface area contributed by atoms with Crippen LogP contribution in [0.25, 0.3) is 0 Å². The average Bonchev–Trinajstić information content (AvgIpc) is 3.40. The molecule has 1 saturated carbocycles. The Hall–Kier alpha value is -1.59. The number of benzene rings is 1. The molecule has 1 N–H and O–H groups in total. The Bertz CT molecular complexity index is 583. The van der Waals surface area contributed by atoms with Gasteiger partial charge in [-0.2, -0.15) is 0 Å². The van der Waals surface area contributed by atoms with E-state index in [1.807, 2.05) is 13.1 Å². The molecule has 2 fully saturated rings. The van der Waals surface area contributed by atoms with Gasteiger partial charge in [0.2, 0.25) is 0 Å². The Morgan fingerprint density at radius 3 is 2.70 bits per heavy atom. The van der Waals surface area contributed by atoms with Crippen molar-refractivity contribution < 1.29 is 4.74 Å². The highest BCUT2D eigenvalue weighted by Gasteiger charge is 2.30. The van der Waals surface area contributed by atoms with E-state index in [0.717, 1.165) is 44.8 Å². The highest BCUT2D eigenvalue weighted by Crippen LogP contribution is 2.28. The van der Waals surface area contributed by atoms with Gasteiger partial charge in [-0.3, -0.25) is 9.89 Å². The SMILES string of the molecule is CN=C(NCCN(C(C)C)C1CC1)N1CCC(COCc2ccccc2)C1. The zero-order valence-electron chi connectivity index (χ0n) is 17.2. The van der Waals surface area contributed by atoms with Gasteiger partial charge in [-0.25, -0.2) is 0 Å². The van der Waals surface area contributed by atoms with Gasteiger partial charge in [0, 0.05) is 51.2 Å². The topological polar surface area (TPSA) is 40.1 Å². The molecule has 2 aliphatic rings. The fourth-order valence-corrected chi connectivity index (χ4v) is 3.98. The van der Waals surface area contributed by atoms with Gasteiger partial charge in [-0.1, -0.05) is 30.3 Å². The molecule has 0 radical (unpaired) electrons. The first-order valence-electron chi connectivity index (χ1n) is 10.5. The highest BCUT2D eigenvalue weighted by molar-refractivity contribution is 5.80. The summed E-state index contributed by atoms with van der Waals surface area (Å²) >= 11 is 0. The first-order valence-corrected chi connectivity index (χ1v) is 10.5. The van der Waals surface area contributed by atoms with Crippen LogP contribution in [0.3, 0.4) is 0 Å². The van der Waals surface area contributed by atoms with E-state index >= 15 is 0 Å². The molecule has 1 aliphatic carbocycles. The van der Waals surface area contributed by atoms with E-state index in [-0.39, 0.29) is 0 Å². The largest absolute Gasteiger partial charge is 0.376 e. The standard InChI is InChI=1S/C22H36N4O/c1-18(2)26(21-9-10-21)14-12-24-22(23-3)25-13-11-20(15-25)17-27-16-19-7-5-4-6-8-19/h4-8,18,20-21H,9-17H2,1-3H3,(H,23,24). The molecule has 1 aromatic rings. The quantitative estimate of drug-likeness (QED) is 0.534. The molecule has 1 aliphatic heterocycles. The molecule has 150 valence electrons. The van der Waals surface area contributed by atoms with Gasteiger partial charge in [0.05, 0.1) is 13.2 Å². The molecule has 3 rings (SSSR count). The molecule has 5 nitrogen and oxygen atoms in total. The van der Waals surface area contributed by atoms with Crippen LogP contribution < -0.4 is 5.32 Å². The molecule has 1 atom stereocenters. The highest BCUT2D eigenvalue weighted by atomic mass is 16.5. The zero-order valence-corrected chi connectivity index (χ0v) is 17.2. The van der Waals surface area contributed by atoms with Crippen molar-refractivity contribution in [1.29, 1.82) is 0 Å². The molecule has 0 bridgehead atoms. The number of rotatable bonds is 9. The van der Waals surface area contributed by atoms with Gasteiger partial charge in [0.25, 0.3) is 0 Å². The first-order chi connectivity index (χ1) is 13.2. The molecule has 0 amide bonds.